The lowest BCUT2D eigenvalue weighted by Gasteiger charge is -2.17. The SMILES string of the molecule is CC(C)(C)Sc1ccc(-c2nc3ccccc3[nH]2)cc1. The number of thioether (sulfide) groups is 1. The molecule has 3 heteroatoms. The van der Waals surface area contributed by atoms with Crippen LogP contribution >= 0.6 is 11.8 Å². The lowest BCUT2D eigenvalue weighted by atomic mass is 10.2. The van der Waals surface area contributed by atoms with Crippen molar-refractivity contribution in [3.8, 4) is 11.4 Å². The number of H-pyrrole nitrogens is 1. The van der Waals surface area contributed by atoms with Crippen LogP contribution < -0.4 is 0 Å². The van der Waals surface area contributed by atoms with Crippen LogP contribution in [0.5, 0.6) is 0 Å². The van der Waals surface area contributed by atoms with Gasteiger partial charge >= 0.3 is 0 Å². The van der Waals surface area contributed by atoms with Crippen molar-refractivity contribution in [1.82, 2.24) is 9.97 Å². The molecule has 1 N–H and O–H groups in total. The second-order valence-electron chi connectivity index (χ2n) is 5.84. The van der Waals surface area contributed by atoms with Crippen LogP contribution in [-0.2, 0) is 0 Å². The lowest BCUT2D eigenvalue weighted by Crippen LogP contribution is -2.06. The van der Waals surface area contributed by atoms with E-state index in [0.29, 0.717) is 0 Å². The maximum absolute atomic E-state index is 4.62. The van der Waals surface area contributed by atoms with Crippen LogP contribution in [0.15, 0.2) is 53.4 Å². The van der Waals surface area contributed by atoms with Gasteiger partial charge in [0.2, 0.25) is 0 Å². The van der Waals surface area contributed by atoms with Crippen LogP contribution in [0, 0.1) is 0 Å². The Morgan fingerprint density at radius 3 is 2.30 bits per heavy atom. The quantitative estimate of drug-likeness (QED) is 0.661. The average Bonchev–Trinajstić information content (AvgIpc) is 2.81. The van der Waals surface area contributed by atoms with Gasteiger partial charge in [-0.1, -0.05) is 45.0 Å². The van der Waals surface area contributed by atoms with Gasteiger partial charge in [-0.15, -0.1) is 11.8 Å². The van der Waals surface area contributed by atoms with Crippen molar-refractivity contribution in [2.75, 3.05) is 0 Å². The average molecular weight is 282 g/mol. The molecule has 0 unspecified atom stereocenters. The summed E-state index contributed by atoms with van der Waals surface area (Å²) in [7, 11) is 0. The molecular formula is C17H18N2S. The van der Waals surface area contributed by atoms with Gasteiger partial charge in [-0.3, -0.25) is 0 Å². The first-order valence-corrected chi connectivity index (χ1v) is 7.57. The zero-order valence-electron chi connectivity index (χ0n) is 12.0. The van der Waals surface area contributed by atoms with Gasteiger partial charge in [-0.05, 0) is 24.3 Å². The Bertz CT molecular complexity index is 688. The van der Waals surface area contributed by atoms with Crippen LogP contribution in [0.2, 0.25) is 0 Å². The summed E-state index contributed by atoms with van der Waals surface area (Å²) in [5.41, 5.74) is 3.21. The Hall–Kier alpha value is -1.74. The van der Waals surface area contributed by atoms with Gasteiger partial charge in [0.25, 0.3) is 0 Å². The van der Waals surface area contributed by atoms with Gasteiger partial charge in [0.15, 0.2) is 0 Å². The number of hydrogen-bond acceptors (Lipinski definition) is 2. The van der Waals surface area contributed by atoms with Crippen molar-refractivity contribution in [3.63, 3.8) is 0 Å². The summed E-state index contributed by atoms with van der Waals surface area (Å²) < 4.78 is 0.237. The number of rotatable bonds is 2. The fraction of sp³-hybridized carbons (Fsp3) is 0.235. The molecule has 3 aromatic rings. The summed E-state index contributed by atoms with van der Waals surface area (Å²) in [5, 5.41) is 0. The third-order valence-electron chi connectivity index (χ3n) is 2.94. The Balaban J connectivity index is 1.90. The first-order chi connectivity index (χ1) is 9.51. The predicted octanol–water partition coefficient (Wildman–Crippen LogP) is 5.12. The summed E-state index contributed by atoms with van der Waals surface area (Å²) in [5.74, 6) is 0.929. The highest BCUT2D eigenvalue weighted by Gasteiger charge is 2.12. The number of nitrogens with one attached hydrogen (secondary N) is 1. The van der Waals surface area contributed by atoms with E-state index >= 15 is 0 Å². The predicted molar refractivity (Wildman–Crippen MR) is 87.1 cm³/mol. The number of nitrogens with zero attached hydrogens (tertiary/aromatic N) is 1. The van der Waals surface area contributed by atoms with Crippen molar-refractivity contribution in [2.24, 2.45) is 0 Å². The van der Waals surface area contributed by atoms with Crippen LogP contribution in [0.4, 0.5) is 0 Å². The Kier molecular flexibility index (Phi) is 3.30. The van der Waals surface area contributed by atoms with Gasteiger partial charge in [-0.2, -0.15) is 0 Å². The molecule has 0 bridgehead atoms. The highest BCUT2D eigenvalue weighted by Crippen LogP contribution is 2.32. The molecule has 0 spiro atoms. The molecule has 0 radical (unpaired) electrons. The number of fused-ring (bicyclic) bond motifs is 1. The summed E-state index contributed by atoms with van der Waals surface area (Å²) in [6.45, 7) is 6.68. The van der Waals surface area contributed by atoms with Crippen molar-refractivity contribution in [1.29, 1.82) is 0 Å². The van der Waals surface area contributed by atoms with Crippen LogP contribution in [0.1, 0.15) is 20.8 Å². The number of hydrogen-bond donors (Lipinski definition) is 1. The van der Waals surface area contributed by atoms with Crippen LogP contribution in [0.3, 0.4) is 0 Å². The molecule has 0 aliphatic rings. The molecule has 2 nitrogen and oxygen atoms in total. The van der Waals surface area contributed by atoms with E-state index in [2.05, 4.69) is 61.1 Å². The Morgan fingerprint density at radius 1 is 0.950 bits per heavy atom. The van der Waals surface area contributed by atoms with E-state index in [9.17, 15) is 0 Å². The van der Waals surface area contributed by atoms with Crippen molar-refractivity contribution in [3.05, 3.63) is 48.5 Å². The molecule has 0 aliphatic carbocycles. The number of benzene rings is 2. The Labute approximate surface area is 123 Å². The van der Waals surface area contributed by atoms with E-state index in [1.54, 1.807) is 0 Å². The van der Waals surface area contributed by atoms with Gasteiger partial charge in [-0.25, -0.2) is 4.98 Å². The van der Waals surface area contributed by atoms with E-state index in [-0.39, 0.29) is 4.75 Å². The molecule has 0 fully saturated rings. The minimum Gasteiger partial charge on any atom is -0.338 e. The molecule has 0 amide bonds. The molecule has 0 saturated carbocycles. The highest BCUT2D eigenvalue weighted by atomic mass is 32.2. The van der Waals surface area contributed by atoms with Gasteiger partial charge in [0.1, 0.15) is 5.82 Å². The molecule has 0 aliphatic heterocycles. The number of aromatic amines is 1. The lowest BCUT2D eigenvalue weighted by molar-refractivity contribution is 0.803. The fourth-order valence-corrected chi connectivity index (χ4v) is 3.10. The van der Waals surface area contributed by atoms with Crippen LogP contribution in [0.25, 0.3) is 22.4 Å². The standard InChI is InChI=1S/C17H18N2S/c1-17(2,3)20-13-10-8-12(9-11-13)16-18-14-6-4-5-7-15(14)19-16/h4-11H,1-3H3,(H,18,19). The summed E-state index contributed by atoms with van der Waals surface area (Å²) in [6.07, 6.45) is 0. The van der Waals surface area contributed by atoms with Crippen LogP contribution in [-0.4, -0.2) is 14.7 Å². The smallest absolute Gasteiger partial charge is 0.138 e. The van der Waals surface area contributed by atoms with E-state index < -0.39 is 0 Å². The van der Waals surface area contributed by atoms with Crippen molar-refractivity contribution >= 4 is 22.8 Å². The van der Waals surface area contributed by atoms with Gasteiger partial charge in [0, 0.05) is 15.2 Å². The molecule has 1 aromatic heterocycles. The minimum absolute atomic E-state index is 0.237. The number of imidazole rings is 1. The first-order valence-electron chi connectivity index (χ1n) is 6.75. The zero-order valence-corrected chi connectivity index (χ0v) is 12.8. The zero-order chi connectivity index (χ0) is 14.2. The van der Waals surface area contributed by atoms with E-state index in [1.807, 2.05) is 30.0 Å². The third kappa shape index (κ3) is 2.88. The number of aromatic nitrogens is 2. The maximum Gasteiger partial charge on any atom is 0.138 e. The molecule has 0 saturated heterocycles. The Morgan fingerprint density at radius 2 is 1.65 bits per heavy atom. The number of para-hydroxylation sites is 2. The van der Waals surface area contributed by atoms with Gasteiger partial charge in [0.05, 0.1) is 11.0 Å². The fourth-order valence-electron chi connectivity index (χ4n) is 2.12. The van der Waals surface area contributed by atoms with E-state index in [4.69, 9.17) is 0 Å². The van der Waals surface area contributed by atoms with Crippen molar-refractivity contribution in [2.45, 2.75) is 30.4 Å². The monoisotopic (exact) mass is 282 g/mol. The van der Waals surface area contributed by atoms with E-state index in [1.165, 1.54) is 4.90 Å². The summed E-state index contributed by atoms with van der Waals surface area (Å²) in [6, 6.07) is 16.7. The minimum atomic E-state index is 0.237. The molecule has 2 aromatic carbocycles. The molecule has 3 rings (SSSR count). The summed E-state index contributed by atoms with van der Waals surface area (Å²) >= 11 is 1.88. The third-order valence-corrected chi connectivity index (χ3v) is 4.06. The van der Waals surface area contributed by atoms with Crippen molar-refractivity contribution < 1.29 is 0 Å². The van der Waals surface area contributed by atoms with Gasteiger partial charge < -0.3 is 4.98 Å². The van der Waals surface area contributed by atoms with E-state index in [0.717, 1.165) is 22.4 Å². The normalized spacial score (nSPS) is 11.9. The second kappa shape index (κ2) is 4.98. The topological polar surface area (TPSA) is 28.7 Å². The molecule has 1 heterocycles. The molecule has 102 valence electrons. The summed E-state index contributed by atoms with van der Waals surface area (Å²) in [4.78, 5) is 9.28. The molecular weight excluding hydrogens is 264 g/mol. The second-order valence-corrected chi connectivity index (χ2v) is 7.74. The molecule has 0 atom stereocenters. The maximum atomic E-state index is 4.62. The highest BCUT2D eigenvalue weighted by molar-refractivity contribution is 8.00. The first kappa shape index (κ1) is 13.3. The molecule has 20 heavy (non-hydrogen) atoms. The largest absolute Gasteiger partial charge is 0.338 e.